The van der Waals surface area contributed by atoms with E-state index in [1.165, 1.54) is 18.3 Å². The smallest absolute Gasteiger partial charge is 0.368 e. The number of anilines is 1. The SMILES string of the molecule is CN(Cc1ccc(C(F)(F)F)cc1)c1cnn([C@@H]2CCS(=O)(=O)C2)c(=O)c1Cl. The van der Waals surface area contributed by atoms with Gasteiger partial charge in [0.2, 0.25) is 0 Å². The van der Waals surface area contributed by atoms with Gasteiger partial charge in [-0.3, -0.25) is 4.79 Å². The molecule has 1 aliphatic heterocycles. The number of aromatic nitrogens is 2. The Morgan fingerprint density at radius 1 is 1.29 bits per heavy atom. The fourth-order valence-electron chi connectivity index (χ4n) is 3.09. The predicted octanol–water partition coefficient (Wildman–Crippen LogP) is 2.91. The van der Waals surface area contributed by atoms with Gasteiger partial charge in [0, 0.05) is 13.6 Å². The van der Waals surface area contributed by atoms with Crippen molar-refractivity contribution in [2.75, 3.05) is 23.5 Å². The lowest BCUT2D eigenvalue weighted by Crippen LogP contribution is -2.30. The Labute approximate surface area is 164 Å². The van der Waals surface area contributed by atoms with E-state index < -0.39 is 33.2 Å². The second-order valence-corrected chi connectivity index (χ2v) is 9.31. The molecule has 0 radical (unpaired) electrons. The van der Waals surface area contributed by atoms with Gasteiger partial charge in [-0.2, -0.15) is 18.3 Å². The third kappa shape index (κ3) is 4.33. The van der Waals surface area contributed by atoms with Crippen LogP contribution in [0.3, 0.4) is 0 Å². The molecule has 0 aliphatic carbocycles. The lowest BCUT2D eigenvalue weighted by molar-refractivity contribution is -0.137. The fraction of sp³-hybridized carbons (Fsp3) is 0.412. The highest BCUT2D eigenvalue weighted by atomic mass is 35.5. The van der Waals surface area contributed by atoms with E-state index in [0.29, 0.717) is 17.7 Å². The summed E-state index contributed by atoms with van der Waals surface area (Å²) in [7, 11) is -1.56. The number of halogens is 4. The molecule has 1 aromatic carbocycles. The first-order valence-electron chi connectivity index (χ1n) is 8.33. The number of benzene rings is 1. The molecule has 0 saturated carbocycles. The summed E-state index contributed by atoms with van der Waals surface area (Å²) in [5.74, 6) is -0.157. The van der Waals surface area contributed by atoms with E-state index >= 15 is 0 Å². The Bertz CT molecular complexity index is 1040. The summed E-state index contributed by atoms with van der Waals surface area (Å²) in [4.78, 5) is 14.1. The van der Waals surface area contributed by atoms with Gasteiger partial charge in [-0.15, -0.1) is 0 Å². The molecule has 1 aromatic heterocycles. The first-order chi connectivity index (χ1) is 13.0. The predicted molar refractivity (Wildman–Crippen MR) is 99.4 cm³/mol. The molecule has 0 amide bonds. The van der Waals surface area contributed by atoms with E-state index in [-0.39, 0.29) is 23.1 Å². The summed E-state index contributed by atoms with van der Waals surface area (Å²) in [5, 5.41) is 3.94. The van der Waals surface area contributed by atoms with Gasteiger partial charge in [0.25, 0.3) is 5.56 Å². The molecule has 2 heterocycles. The van der Waals surface area contributed by atoms with Crippen LogP contribution in [0.5, 0.6) is 0 Å². The van der Waals surface area contributed by atoms with E-state index in [9.17, 15) is 26.4 Å². The van der Waals surface area contributed by atoms with Crippen LogP contribution in [0, 0.1) is 0 Å². The lowest BCUT2D eigenvalue weighted by atomic mass is 10.1. The number of hydrogen-bond donors (Lipinski definition) is 0. The molecule has 6 nitrogen and oxygen atoms in total. The third-order valence-electron chi connectivity index (χ3n) is 4.59. The Hall–Kier alpha value is -2.07. The Balaban J connectivity index is 1.80. The first-order valence-corrected chi connectivity index (χ1v) is 10.5. The van der Waals surface area contributed by atoms with Gasteiger partial charge >= 0.3 is 6.18 Å². The average Bonchev–Trinajstić information content (AvgIpc) is 2.96. The van der Waals surface area contributed by atoms with E-state index in [0.717, 1.165) is 16.8 Å². The topological polar surface area (TPSA) is 72.3 Å². The minimum absolute atomic E-state index is 0.00101. The molecule has 0 bridgehead atoms. The van der Waals surface area contributed by atoms with Crippen molar-refractivity contribution >= 4 is 27.1 Å². The summed E-state index contributed by atoms with van der Waals surface area (Å²) in [6.07, 6.45) is -2.75. The summed E-state index contributed by atoms with van der Waals surface area (Å²) in [6, 6.07) is 4.13. The monoisotopic (exact) mass is 435 g/mol. The molecule has 2 aromatic rings. The van der Waals surface area contributed by atoms with Crippen molar-refractivity contribution in [1.29, 1.82) is 0 Å². The van der Waals surface area contributed by atoms with E-state index in [4.69, 9.17) is 11.6 Å². The molecule has 152 valence electrons. The molecular weight excluding hydrogens is 419 g/mol. The van der Waals surface area contributed by atoms with E-state index in [1.807, 2.05) is 0 Å². The normalized spacial score (nSPS) is 19.0. The van der Waals surface area contributed by atoms with Crippen LogP contribution < -0.4 is 10.5 Å². The number of sulfone groups is 1. The number of rotatable bonds is 4. The van der Waals surface area contributed by atoms with Crippen molar-refractivity contribution in [3.63, 3.8) is 0 Å². The van der Waals surface area contributed by atoms with Crippen LogP contribution in [0.25, 0.3) is 0 Å². The van der Waals surface area contributed by atoms with Crippen LogP contribution in [-0.2, 0) is 22.6 Å². The van der Waals surface area contributed by atoms with Gasteiger partial charge in [-0.05, 0) is 24.1 Å². The van der Waals surface area contributed by atoms with Crippen LogP contribution in [0.4, 0.5) is 18.9 Å². The zero-order valence-electron chi connectivity index (χ0n) is 14.8. The summed E-state index contributed by atoms with van der Waals surface area (Å²) < 4.78 is 62.3. The van der Waals surface area contributed by atoms with E-state index in [1.54, 1.807) is 11.9 Å². The summed E-state index contributed by atoms with van der Waals surface area (Å²) >= 11 is 6.18. The zero-order valence-corrected chi connectivity index (χ0v) is 16.4. The zero-order chi connectivity index (χ0) is 20.7. The van der Waals surface area contributed by atoms with Crippen molar-refractivity contribution in [2.24, 2.45) is 0 Å². The van der Waals surface area contributed by atoms with Crippen molar-refractivity contribution in [2.45, 2.75) is 25.2 Å². The molecule has 1 saturated heterocycles. The van der Waals surface area contributed by atoms with Gasteiger partial charge in [0.15, 0.2) is 9.84 Å². The van der Waals surface area contributed by atoms with Crippen LogP contribution in [-0.4, -0.2) is 36.8 Å². The quantitative estimate of drug-likeness (QED) is 0.738. The minimum Gasteiger partial charge on any atom is -0.368 e. The molecule has 28 heavy (non-hydrogen) atoms. The average molecular weight is 436 g/mol. The molecule has 11 heteroatoms. The van der Waals surface area contributed by atoms with Crippen molar-refractivity contribution < 1.29 is 21.6 Å². The van der Waals surface area contributed by atoms with Crippen LogP contribution in [0.1, 0.15) is 23.6 Å². The first kappa shape index (κ1) is 20.7. The molecular formula is C17H17ClF3N3O3S. The lowest BCUT2D eigenvalue weighted by Gasteiger charge is -2.21. The van der Waals surface area contributed by atoms with Crippen LogP contribution >= 0.6 is 11.6 Å². The Kier molecular flexibility index (Phi) is 5.46. The Morgan fingerprint density at radius 3 is 2.46 bits per heavy atom. The second kappa shape index (κ2) is 7.40. The van der Waals surface area contributed by atoms with Crippen LogP contribution in [0.2, 0.25) is 5.02 Å². The maximum absolute atomic E-state index is 12.6. The second-order valence-electron chi connectivity index (χ2n) is 6.70. The number of hydrogen-bond acceptors (Lipinski definition) is 5. The molecule has 1 atom stereocenters. The fourth-order valence-corrected chi connectivity index (χ4v) is 5.06. The third-order valence-corrected chi connectivity index (χ3v) is 6.70. The van der Waals surface area contributed by atoms with Gasteiger partial charge in [-0.25, -0.2) is 13.1 Å². The summed E-state index contributed by atoms with van der Waals surface area (Å²) in [5.41, 5.74) is -0.436. The van der Waals surface area contributed by atoms with Crippen molar-refractivity contribution in [3.05, 3.63) is 57.0 Å². The van der Waals surface area contributed by atoms with Crippen LogP contribution in [0.15, 0.2) is 35.3 Å². The maximum Gasteiger partial charge on any atom is 0.416 e. The largest absolute Gasteiger partial charge is 0.416 e. The molecule has 0 unspecified atom stereocenters. The van der Waals surface area contributed by atoms with Crippen molar-refractivity contribution in [3.8, 4) is 0 Å². The van der Waals surface area contributed by atoms with Gasteiger partial charge < -0.3 is 4.90 Å². The van der Waals surface area contributed by atoms with Gasteiger partial charge in [-0.1, -0.05) is 23.7 Å². The van der Waals surface area contributed by atoms with E-state index in [2.05, 4.69) is 5.10 Å². The molecule has 1 fully saturated rings. The maximum atomic E-state index is 12.6. The minimum atomic E-state index is -4.41. The summed E-state index contributed by atoms with van der Waals surface area (Å²) in [6.45, 7) is 0.209. The highest BCUT2D eigenvalue weighted by Crippen LogP contribution is 2.30. The standard InChI is InChI=1S/C17H17ClF3N3O3S/c1-23(9-11-2-4-12(5-3-11)17(19,20)21)14-8-22-24(16(25)15(14)18)13-6-7-28(26,27)10-13/h2-5,8,13H,6-7,9-10H2,1H3/t13-/m1/s1. The molecule has 1 aliphatic rings. The molecule has 3 rings (SSSR count). The van der Waals surface area contributed by atoms with Gasteiger partial charge in [0.05, 0.1) is 35.0 Å². The van der Waals surface area contributed by atoms with Gasteiger partial charge in [0.1, 0.15) is 5.02 Å². The highest BCUT2D eigenvalue weighted by molar-refractivity contribution is 7.91. The molecule has 0 spiro atoms. The number of alkyl halides is 3. The van der Waals surface area contributed by atoms with Crippen molar-refractivity contribution in [1.82, 2.24) is 9.78 Å². The Morgan fingerprint density at radius 2 is 1.93 bits per heavy atom. The molecule has 0 N–H and O–H groups in total. The number of nitrogens with zero attached hydrogens (tertiary/aromatic N) is 3. The highest BCUT2D eigenvalue weighted by Gasteiger charge is 2.32.